The van der Waals surface area contributed by atoms with Crippen molar-refractivity contribution in [1.29, 1.82) is 0 Å². The number of rotatable bonds is 4. The van der Waals surface area contributed by atoms with Crippen LogP contribution in [0.4, 0.5) is 0 Å². The van der Waals surface area contributed by atoms with Crippen LogP contribution in [-0.4, -0.2) is 21.3 Å². The molecule has 0 radical (unpaired) electrons. The van der Waals surface area contributed by atoms with Gasteiger partial charge in [0.1, 0.15) is 0 Å². The zero-order chi connectivity index (χ0) is 13.3. The van der Waals surface area contributed by atoms with Gasteiger partial charge in [-0.1, -0.05) is 37.0 Å². The van der Waals surface area contributed by atoms with Gasteiger partial charge in [-0.15, -0.1) is 9.65 Å². The lowest BCUT2D eigenvalue weighted by Gasteiger charge is -2.39. The molecule has 0 unspecified atom stereocenters. The molecule has 1 rings (SSSR count). The molecule has 0 spiro atoms. The molecule has 0 aliphatic heterocycles. The van der Waals surface area contributed by atoms with Crippen molar-refractivity contribution in [3.8, 4) is 0 Å². The van der Waals surface area contributed by atoms with Crippen LogP contribution in [-0.2, 0) is 4.57 Å². The standard InChI is InChI=1S/C10H15Cl2O3PS/c1-3-17(4-2,16(13,14)15)10-6-5-8(11)7-9(10)12/h5-7H,3-4H2,1-2H3,(H2,13,14,15). The number of benzene rings is 1. The topological polar surface area (TPSA) is 57.5 Å². The third-order valence-corrected chi connectivity index (χ3v) is 12.2. The summed E-state index contributed by atoms with van der Waals surface area (Å²) >= 11 is 11.9. The van der Waals surface area contributed by atoms with Crippen LogP contribution in [0.25, 0.3) is 0 Å². The summed E-state index contributed by atoms with van der Waals surface area (Å²) in [5.41, 5.74) is 0. The number of halogens is 2. The summed E-state index contributed by atoms with van der Waals surface area (Å²) < 4.78 is 11.8. The van der Waals surface area contributed by atoms with Gasteiger partial charge in [0, 0.05) is 9.92 Å². The molecule has 1 aromatic carbocycles. The molecule has 0 saturated heterocycles. The first-order chi connectivity index (χ1) is 7.78. The highest BCUT2D eigenvalue weighted by Gasteiger charge is 2.41. The second kappa shape index (κ2) is 5.52. The molecule has 98 valence electrons. The molecule has 2 N–H and O–H groups in total. The van der Waals surface area contributed by atoms with Crippen LogP contribution in [0, 0.1) is 0 Å². The van der Waals surface area contributed by atoms with Gasteiger partial charge in [-0.25, -0.2) is 4.57 Å². The Labute approximate surface area is 112 Å². The lowest BCUT2D eigenvalue weighted by Crippen LogP contribution is -2.08. The molecule has 1 aromatic rings. The first-order valence-electron chi connectivity index (χ1n) is 5.08. The molecule has 0 fully saturated rings. The Morgan fingerprint density at radius 3 is 2.12 bits per heavy atom. The maximum atomic E-state index is 11.8. The molecule has 3 nitrogen and oxygen atoms in total. The zero-order valence-electron chi connectivity index (χ0n) is 9.56. The van der Waals surface area contributed by atoms with E-state index in [0.717, 1.165) is 0 Å². The molecule has 0 amide bonds. The Morgan fingerprint density at radius 1 is 1.24 bits per heavy atom. The van der Waals surface area contributed by atoms with E-state index in [9.17, 15) is 14.4 Å². The van der Waals surface area contributed by atoms with Crippen LogP contribution >= 0.6 is 39.6 Å². The molecule has 17 heavy (non-hydrogen) atoms. The van der Waals surface area contributed by atoms with Crippen LogP contribution in [0.1, 0.15) is 13.8 Å². The van der Waals surface area contributed by atoms with E-state index in [4.69, 9.17) is 23.2 Å². The molecule has 0 aromatic heterocycles. The van der Waals surface area contributed by atoms with Crippen LogP contribution in [0.5, 0.6) is 0 Å². The molecule has 7 heteroatoms. The van der Waals surface area contributed by atoms with Crippen molar-refractivity contribution in [2.45, 2.75) is 18.7 Å². The Kier molecular flexibility index (Phi) is 4.98. The van der Waals surface area contributed by atoms with Gasteiger partial charge < -0.3 is 9.79 Å². The smallest absolute Gasteiger partial charge is 0.317 e. The Balaban J connectivity index is 3.48. The summed E-state index contributed by atoms with van der Waals surface area (Å²) in [7, 11) is -2.24. The summed E-state index contributed by atoms with van der Waals surface area (Å²) in [5.74, 6) is 0.796. The fourth-order valence-electron chi connectivity index (χ4n) is 1.76. The average Bonchev–Trinajstić information content (AvgIpc) is 2.21. The third kappa shape index (κ3) is 2.83. The van der Waals surface area contributed by atoms with Crippen LogP contribution in [0.15, 0.2) is 23.1 Å². The Bertz CT molecular complexity index is 457. The van der Waals surface area contributed by atoms with Gasteiger partial charge in [-0.2, -0.15) is 0 Å². The van der Waals surface area contributed by atoms with Crippen molar-refractivity contribution in [3.05, 3.63) is 28.2 Å². The Hall–Kier alpha value is 0.300. The van der Waals surface area contributed by atoms with E-state index in [1.807, 2.05) is 0 Å². The molecule has 0 atom stereocenters. The third-order valence-electron chi connectivity index (χ3n) is 2.71. The van der Waals surface area contributed by atoms with Gasteiger partial charge in [0.05, 0.1) is 5.02 Å². The lowest BCUT2D eigenvalue weighted by molar-refractivity contribution is 0.395. The molecule has 0 saturated carbocycles. The number of hydrogen-bond acceptors (Lipinski definition) is 1. The highest BCUT2D eigenvalue weighted by atomic mass is 35.5. The highest BCUT2D eigenvalue weighted by Crippen LogP contribution is 2.81. The fraction of sp³-hybridized carbons (Fsp3) is 0.400. The van der Waals surface area contributed by atoms with Crippen molar-refractivity contribution in [3.63, 3.8) is 0 Å². The minimum atomic E-state index is -4.21. The van der Waals surface area contributed by atoms with E-state index < -0.39 is 16.4 Å². The summed E-state index contributed by atoms with van der Waals surface area (Å²) in [4.78, 5) is 19.8. The molecule has 0 aliphatic rings. The van der Waals surface area contributed by atoms with Crippen molar-refractivity contribution >= 4 is 39.6 Å². The van der Waals surface area contributed by atoms with Gasteiger partial charge in [-0.05, 0) is 29.7 Å². The Morgan fingerprint density at radius 2 is 1.76 bits per heavy atom. The van der Waals surface area contributed by atoms with Crippen molar-refractivity contribution in [2.24, 2.45) is 0 Å². The molecular formula is C10H15Cl2O3PS. The monoisotopic (exact) mass is 316 g/mol. The summed E-state index contributed by atoms with van der Waals surface area (Å²) in [6.07, 6.45) is 0. The van der Waals surface area contributed by atoms with E-state index in [1.54, 1.807) is 26.0 Å². The van der Waals surface area contributed by atoms with E-state index in [-0.39, 0.29) is 0 Å². The maximum Gasteiger partial charge on any atom is 0.370 e. The molecule has 0 heterocycles. The largest absolute Gasteiger partial charge is 0.370 e. The summed E-state index contributed by atoms with van der Waals surface area (Å²) in [6, 6.07) is 4.78. The second-order valence-corrected chi connectivity index (χ2v) is 12.1. The normalized spacial score (nSPS) is 13.8. The van der Waals surface area contributed by atoms with Gasteiger partial charge in [0.15, 0.2) is 0 Å². The van der Waals surface area contributed by atoms with Crippen LogP contribution < -0.4 is 0 Å². The SMILES string of the molecule is CCS(CC)(c1ccc(Cl)cc1Cl)P(=O)(O)O. The van der Waals surface area contributed by atoms with Crippen LogP contribution in [0.2, 0.25) is 10.0 Å². The van der Waals surface area contributed by atoms with E-state index >= 15 is 0 Å². The quantitative estimate of drug-likeness (QED) is 0.815. The maximum absolute atomic E-state index is 11.8. The minimum absolute atomic E-state index is 0.333. The molecule has 0 aliphatic carbocycles. The van der Waals surface area contributed by atoms with Crippen molar-refractivity contribution in [2.75, 3.05) is 11.5 Å². The average molecular weight is 317 g/mol. The molecular weight excluding hydrogens is 302 g/mol. The first-order valence-corrected chi connectivity index (χ1v) is 10.0. The zero-order valence-corrected chi connectivity index (χ0v) is 12.8. The van der Waals surface area contributed by atoms with Crippen LogP contribution in [0.3, 0.4) is 0 Å². The minimum Gasteiger partial charge on any atom is -0.317 e. The van der Waals surface area contributed by atoms with Crippen molar-refractivity contribution < 1.29 is 14.4 Å². The second-order valence-electron chi connectivity index (χ2n) is 3.48. The lowest BCUT2D eigenvalue weighted by atomic mass is 10.4. The van der Waals surface area contributed by atoms with Gasteiger partial charge >= 0.3 is 6.80 Å². The summed E-state index contributed by atoms with van der Waals surface area (Å²) in [6.45, 7) is -0.654. The van der Waals surface area contributed by atoms with Crippen molar-refractivity contribution in [1.82, 2.24) is 0 Å². The first kappa shape index (κ1) is 15.4. The highest BCUT2D eigenvalue weighted by molar-refractivity contribution is 8.76. The summed E-state index contributed by atoms with van der Waals surface area (Å²) in [5, 5.41) is 0.796. The predicted molar refractivity (Wildman–Crippen MR) is 75.4 cm³/mol. The van der Waals surface area contributed by atoms with E-state index in [2.05, 4.69) is 0 Å². The van der Waals surface area contributed by atoms with E-state index in [1.165, 1.54) is 6.07 Å². The van der Waals surface area contributed by atoms with Gasteiger partial charge in [0.25, 0.3) is 0 Å². The predicted octanol–water partition coefficient (Wildman–Crippen LogP) is 4.29. The van der Waals surface area contributed by atoms with Gasteiger partial charge in [0.2, 0.25) is 0 Å². The fourth-order valence-corrected chi connectivity index (χ4v) is 8.74. The van der Waals surface area contributed by atoms with E-state index in [0.29, 0.717) is 26.4 Å². The van der Waals surface area contributed by atoms with Gasteiger partial charge in [-0.3, -0.25) is 0 Å². The molecule has 0 bridgehead atoms. The number of hydrogen-bond donors (Lipinski definition) is 2.